The van der Waals surface area contributed by atoms with Crippen LogP contribution >= 0.6 is 0 Å². The van der Waals surface area contributed by atoms with Crippen LogP contribution in [0.2, 0.25) is 0 Å². The van der Waals surface area contributed by atoms with Crippen molar-refractivity contribution >= 4 is 0 Å². The molecule has 0 aliphatic carbocycles. The minimum Gasteiger partial charge on any atom is -0.381 e. The molecule has 2 unspecified atom stereocenters. The van der Waals surface area contributed by atoms with Crippen LogP contribution in [0.25, 0.3) is 0 Å². The zero-order chi connectivity index (χ0) is 10.7. The number of aryl methyl sites for hydroxylation is 1. The molecule has 1 heterocycles. The van der Waals surface area contributed by atoms with E-state index in [-0.39, 0.29) is 0 Å². The van der Waals surface area contributed by atoms with Crippen molar-refractivity contribution in [1.82, 2.24) is 5.32 Å². The van der Waals surface area contributed by atoms with Gasteiger partial charge in [0.15, 0.2) is 0 Å². The van der Waals surface area contributed by atoms with E-state index in [2.05, 4.69) is 36.5 Å². The Labute approximate surface area is 91.6 Å². The molecule has 1 N–H and O–H groups in total. The number of benzene rings is 1. The van der Waals surface area contributed by atoms with E-state index in [4.69, 9.17) is 4.74 Å². The molecule has 0 saturated carbocycles. The molecule has 1 fully saturated rings. The number of piperidine rings is 1. The minimum absolute atomic E-state index is 0.369. The third-order valence-corrected chi connectivity index (χ3v) is 3.19. The summed E-state index contributed by atoms with van der Waals surface area (Å²) in [6.45, 7) is 4.24. The minimum atomic E-state index is 0.369. The van der Waals surface area contributed by atoms with Crippen LogP contribution in [0.3, 0.4) is 0 Å². The van der Waals surface area contributed by atoms with Gasteiger partial charge in [-0.1, -0.05) is 29.8 Å². The summed E-state index contributed by atoms with van der Waals surface area (Å²) in [5.74, 6) is 0.503. The highest BCUT2D eigenvalue weighted by Gasteiger charge is 2.25. The van der Waals surface area contributed by atoms with Crippen molar-refractivity contribution in [2.24, 2.45) is 0 Å². The van der Waals surface area contributed by atoms with E-state index in [9.17, 15) is 0 Å². The van der Waals surface area contributed by atoms with Gasteiger partial charge < -0.3 is 10.1 Å². The van der Waals surface area contributed by atoms with E-state index in [1.165, 1.54) is 11.1 Å². The number of ether oxygens (including phenoxy) is 1. The monoisotopic (exact) mass is 205 g/mol. The first kappa shape index (κ1) is 10.7. The molecule has 2 heteroatoms. The first-order valence-corrected chi connectivity index (χ1v) is 5.61. The summed E-state index contributed by atoms with van der Waals surface area (Å²) >= 11 is 0. The average Bonchev–Trinajstić information content (AvgIpc) is 2.29. The number of rotatable bonds is 2. The SMILES string of the molecule is COC1CCNCC1c1cccc(C)c1. The molecule has 0 radical (unpaired) electrons. The molecule has 1 aromatic rings. The lowest BCUT2D eigenvalue weighted by atomic mass is 9.88. The molecule has 0 aromatic heterocycles. The highest BCUT2D eigenvalue weighted by Crippen LogP contribution is 2.26. The van der Waals surface area contributed by atoms with Crippen molar-refractivity contribution in [2.45, 2.75) is 25.4 Å². The van der Waals surface area contributed by atoms with Crippen LogP contribution in [0.5, 0.6) is 0 Å². The zero-order valence-electron chi connectivity index (χ0n) is 9.49. The lowest BCUT2D eigenvalue weighted by Crippen LogP contribution is -2.39. The van der Waals surface area contributed by atoms with E-state index in [0.717, 1.165) is 19.5 Å². The molecule has 0 spiro atoms. The predicted molar refractivity (Wildman–Crippen MR) is 62.2 cm³/mol. The van der Waals surface area contributed by atoms with Crippen molar-refractivity contribution in [1.29, 1.82) is 0 Å². The van der Waals surface area contributed by atoms with Crippen LogP contribution in [0.4, 0.5) is 0 Å². The van der Waals surface area contributed by atoms with Crippen LogP contribution in [-0.4, -0.2) is 26.3 Å². The smallest absolute Gasteiger partial charge is 0.0664 e. The third kappa shape index (κ3) is 2.39. The highest BCUT2D eigenvalue weighted by molar-refractivity contribution is 5.27. The van der Waals surface area contributed by atoms with Gasteiger partial charge in [0.1, 0.15) is 0 Å². The molecule has 1 saturated heterocycles. The summed E-state index contributed by atoms with van der Waals surface area (Å²) in [4.78, 5) is 0. The number of hydrogen-bond acceptors (Lipinski definition) is 2. The second kappa shape index (κ2) is 4.77. The maximum absolute atomic E-state index is 5.56. The number of nitrogens with one attached hydrogen (secondary N) is 1. The Balaban J connectivity index is 2.20. The fourth-order valence-electron chi connectivity index (χ4n) is 2.35. The molecule has 1 aliphatic rings. The van der Waals surface area contributed by atoms with Crippen LogP contribution < -0.4 is 5.32 Å². The standard InChI is InChI=1S/C13H19NO/c1-10-4-3-5-11(8-10)12-9-14-7-6-13(12)15-2/h3-5,8,12-14H,6-7,9H2,1-2H3. The van der Waals surface area contributed by atoms with Gasteiger partial charge in [-0.25, -0.2) is 0 Å². The van der Waals surface area contributed by atoms with Gasteiger partial charge in [-0.15, -0.1) is 0 Å². The molecular formula is C13H19NO. The molecule has 0 amide bonds. The van der Waals surface area contributed by atoms with Gasteiger partial charge >= 0.3 is 0 Å². The van der Waals surface area contributed by atoms with Gasteiger partial charge in [0.2, 0.25) is 0 Å². The fourth-order valence-corrected chi connectivity index (χ4v) is 2.35. The van der Waals surface area contributed by atoms with Crippen molar-refractivity contribution < 1.29 is 4.74 Å². The van der Waals surface area contributed by atoms with Crippen molar-refractivity contribution in [3.05, 3.63) is 35.4 Å². The third-order valence-electron chi connectivity index (χ3n) is 3.19. The summed E-state index contributed by atoms with van der Waals surface area (Å²) in [5, 5.41) is 3.44. The Hall–Kier alpha value is -0.860. The molecule has 2 atom stereocenters. The summed E-state index contributed by atoms with van der Waals surface area (Å²) in [6.07, 6.45) is 1.47. The summed E-state index contributed by atoms with van der Waals surface area (Å²) in [6, 6.07) is 8.74. The second-order valence-electron chi connectivity index (χ2n) is 4.29. The number of methoxy groups -OCH3 is 1. The first-order chi connectivity index (χ1) is 7.31. The normalized spacial score (nSPS) is 26.5. The summed E-state index contributed by atoms with van der Waals surface area (Å²) in [7, 11) is 1.82. The van der Waals surface area contributed by atoms with E-state index in [1.54, 1.807) is 0 Å². The second-order valence-corrected chi connectivity index (χ2v) is 4.29. The number of hydrogen-bond donors (Lipinski definition) is 1. The van der Waals surface area contributed by atoms with Crippen molar-refractivity contribution in [3.63, 3.8) is 0 Å². The quantitative estimate of drug-likeness (QED) is 0.798. The summed E-state index contributed by atoms with van der Waals surface area (Å²) < 4.78 is 5.56. The van der Waals surface area contributed by atoms with Crippen LogP contribution in [0.15, 0.2) is 24.3 Å². The van der Waals surface area contributed by atoms with E-state index in [0.29, 0.717) is 12.0 Å². The van der Waals surface area contributed by atoms with Crippen LogP contribution in [-0.2, 0) is 4.74 Å². The molecule has 1 aliphatic heterocycles. The zero-order valence-corrected chi connectivity index (χ0v) is 9.49. The largest absolute Gasteiger partial charge is 0.381 e. The first-order valence-electron chi connectivity index (χ1n) is 5.61. The molecule has 1 aromatic carbocycles. The lowest BCUT2D eigenvalue weighted by Gasteiger charge is -2.31. The maximum atomic E-state index is 5.56. The fraction of sp³-hybridized carbons (Fsp3) is 0.538. The topological polar surface area (TPSA) is 21.3 Å². The van der Waals surface area contributed by atoms with Gasteiger partial charge in [0.05, 0.1) is 6.10 Å². The van der Waals surface area contributed by atoms with Gasteiger partial charge in [0, 0.05) is 19.6 Å². The molecular weight excluding hydrogens is 186 g/mol. The van der Waals surface area contributed by atoms with Gasteiger partial charge in [-0.3, -0.25) is 0 Å². The Morgan fingerprint density at radius 2 is 2.27 bits per heavy atom. The van der Waals surface area contributed by atoms with E-state index in [1.807, 2.05) is 7.11 Å². The molecule has 82 valence electrons. The van der Waals surface area contributed by atoms with Gasteiger partial charge in [-0.05, 0) is 25.5 Å². The van der Waals surface area contributed by atoms with Gasteiger partial charge in [-0.2, -0.15) is 0 Å². The van der Waals surface area contributed by atoms with Crippen LogP contribution in [0, 0.1) is 6.92 Å². The Morgan fingerprint density at radius 3 is 3.00 bits per heavy atom. The average molecular weight is 205 g/mol. The van der Waals surface area contributed by atoms with E-state index < -0.39 is 0 Å². The molecule has 2 nitrogen and oxygen atoms in total. The molecule has 0 bridgehead atoms. The molecule has 2 rings (SSSR count). The Kier molecular flexibility index (Phi) is 3.39. The van der Waals surface area contributed by atoms with Crippen LogP contribution in [0.1, 0.15) is 23.5 Å². The highest BCUT2D eigenvalue weighted by atomic mass is 16.5. The predicted octanol–water partition coefficient (Wildman–Crippen LogP) is 2.09. The van der Waals surface area contributed by atoms with E-state index >= 15 is 0 Å². The Morgan fingerprint density at radius 1 is 1.40 bits per heavy atom. The molecule has 15 heavy (non-hydrogen) atoms. The van der Waals surface area contributed by atoms with Gasteiger partial charge in [0.25, 0.3) is 0 Å². The Bertz CT molecular complexity index is 324. The lowest BCUT2D eigenvalue weighted by molar-refractivity contribution is 0.0585. The summed E-state index contributed by atoms with van der Waals surface area (Å²) in [5.41, 5.74) is 2.72. The van der Waals surface area contributed by atoms with Crippen molar-refractivity contribution in [2.75, 3.05) is 20.2 Å². The van der Waals surface area contributed by atoms with Crippen molar-refractivity contribution in [3.8, 4) is 0 Å². The maximum Gasteiger partial charge on any atom is 0.0664 e.